The van der Waals surface area contributed by atoms with Crippen LogP contribution >= 0.6 is 0 Å². The molecule has 3 heteroatoms. The van der Waals surface area contributed by atoms with Gasteiger partial charge in [-0.3, -0.25) is 0 Å². The van der Waals surface area contributed by atoms with Gasteiger partial charge in [-0.1, -0.05) is 12.1 Å². The zero-order valence-electron chi connectivity index (χ0n) is 8.32. The van der Waals surface area contributed by atoms with Gasteiger partial charge < -0.3 is 9.64 Å². The predicted molar refractivity (Wildman–Crippen MR) is 54.5 cm³/mol. The average Bonchev–Trinajstić information content (AvgIpc) is 2.18. The summed E-state index contributed by atoms with van der Waals surface area (Å²) in [5.74, 6) is 0.874. The molecule has 14 heavy (non-hydrogen) atoms. The second-order valence-corrected chi connectivity index (χ2v) is 3.49. The van der Waals surface area contributed by atoms with Gasteiger partial charge in [-0.05, 0) is 18.6 Å². The third-order valence-electron chi connectivity index (χ3n) is 2.57. The SMILES string of the molecule is Cc1cccc2c1N(C)C(C#N)CO2. The summed E-state index contributed by atoms with van der Waals surface area (Å²) in [5, 5.41) is 8.91. The van der Waals surface area contributed by atoms with Crippen molar-refractivity contribution in [3.63, 3.8) is 0 Å². The standard InChI is InChI=1S/C11H12N2O/c1-8-4-3-5-10-11(8)13(2)9(6-12)7-14-10/h3-5,9H,7H2,1-2H3. The minimum Gasteiger partial charge on any atom is -0.488 e. The van der Waals surface area contributed by atoms with Gasteiger partial charge in [-0.15, -0.1) is 0 Å². The maximum Gasteiger partial charge on any atom is 0.151 e. The number of hydrogen-bond acceptors (Lipinski definition) is 3. The first-order valence-electron chi connectivity index (χ1n) is 4.59. The van der Waals surface area contributed by atoms with E-state index in [-0.39, 0.29) is 6.04 Å². The van der Waals surface area contributed by atoms with Crippen LogP contribution in [0, 0.1) is 18.3 Å². The van der Waals surface area contributed by atoms with Crippen LogP contribution in [0.1, 0.15) is 5.56 Å². The molecule has 0 saturated carbocycles. The maximum absolute atomic E-state index is 8.91. The average molecular weight is 188 g/mol. The summed E-state index contributed by atoms with van der Waals surface area (Å²) in [6, 6.07) is 7.98. The molecular weight excluding hydrogens is 176 g/mol. The number of rotatable bonds is 0. The van der Waals surface area contributed by atoms with E-state index in [4.69, 9.17) is 10.00 Å². The maximum atomic E-state index is 8.91. The van der Waals surface area contributed by atoms with Gasteiger partial charge in [0.1, 0.15) is 12.4 Å². The number of fused-ring (bicyclic) bond motifs is 1. The Morgan fingerprint density at radius 3 is 3.07 bits per heavy atom. The summed E-state index contributed by atoms with van der Waals surface area (Å²) in [5.41, 5.74) is 2.18. The Balaban J connectivity index is 2.49. The molecule has 1 atom stereocenters. The lowest BCUT2D eigenvalue weighted by Gasteiger charge is -2.32. The molecule has 0 spiro atoms. The second-order valence-electron chi connectivity index (χ2n) is 3.49. The fourth-order valence-corrected chi connectivity index (χ4v) is 1.76. The van der Waals surface area contributed by atoms with E-state index in [1.165, 1.54) is 0 Å². The molecule has 0 fully saturated rings. The molecule has 72 valence electrons. The topological polar surface area (TPSA) is 36.3 Å². The summed E-state index contributed by atoms with van der Waals surface area (Å²) < 4.78 is 5.51. The Labute approximate surface area is 83.5 Å². The lowest BCUT2D eigenvalue weighted by molar-refractivity contribution is 0.288. The van der Waals surface area contributed by atoms with Crippen LogP contribution in [0.3, 0.4) is 0 Å². The van der Waals surface area contributed by atoms with Crippen molar-refractivity contribution in [2.24, 2.45) is 0 Å². The van der Waals surface area contributed by atoms with Crippen molar-refractivity contribution in [3.05, 3.63) is 23.8 Å². The van der Waals surface area contributed by atoms with E-state index >= 15 is 0 Å². The number of anilines is 1. The van der Waals surface area contributed by atoms with Gasteiger partial charge in [0.05, 0.1) is 11.8 Å². The van der Waals surface area contributed by atoms with Crippen LogP contribution in [0.25, 0.3) is 0 Å². The van der Waals surface area contributed by atoms with E-state index in [1.807, 2.05) is 37.1 Å². The van der Waals surface area contributed by atoms with Crippen molar-refractivity contribution in [3.8, 4) is 11.8 Å². The van der Waals surface area contributed by atoms with Crippen LogP contribution in [0.15, 0.2) is 18.2 Å². The van der Waals surface area contributed by atoms with Crippen LogP contribution in [0.2, 0.25) is 0 Å². The van der Waals surface area contributed by atoms with Crippen molar-refractivity contribution in [2.75, 3.05) is 18.6 Å². The number of likely N-dealkylation sites (N-methyl/N-ethyl adjacent to an activating group) is 1. The molecule has 1 aromatic rings. The van der Waals surface area contributed by atoms with Crippen molar-refractivity contribution in [1.82, 2.24) is 0 Å². The van der Waals surface area contributed by atoms with Crippen LogP contribution in [-0.4, -0.2) is 19.7 Å². The van der Waals surface area contributed by atoms with E-state index in [1.54, 1.807) is 0 Å². The first-order chi connectivity index (χ1) is 6.74. The van der Waals surface area contributed by atoms with Gasteiger partial charge in [0.25, 0.3) is 0 Å². The molecular formula is C11H12N2O. The smallest absolute Gasteiger partial charge is 0.151 e. The summed E-state index contributed by atoms with van der Waals surface area (Å²) in [6.07, 6.45) is 0. The third-order valence-corrected chi connectivity index (χ3v) is 2.57. The normalized spacial score (nSPS) is 19.5. The first kappa shape index (κ1) is 8.89. The van der Waals surface area contributed by atoms with Gasteiger partial charge in [0, 0.05) is 7.05 Å². The fraction of sp³-hybridized carbons (Fsp3) is 0.364. The van der Waals surface area contributed by atoms with Gasteiger partial charge in [-0.25, -0.2) is 0 Å². The zero-order chi connectivity index (χ0) is 10.1. The number of benzene rings is 1. The highest BCUT2D eigenvalue weighted by Crippen LogP contribution is 2.35. The summed E-state index contributed by atoms with van der Waals surface area (Å²) in [7, 11) is 1.93. The molecule has 1 unspecified atom stereocenters. The molecule has 0 amide bonds. The number of para-hydroxylation sites is 1. The second kappa shape index (κ2) is 3.22. The molecule has 0 bridgehead atoms. The number of ether oxygens (including phenoxy) is 1. The summed E-state index contributed by atoms with van der Waals surface area (Å²) in [6.45, 7) is 2.47. The van der Waals surface area contributed by atoms with Crippen LogP contribution < -0.4 is 9.64 Å². The van der Waals surface area contributed by atoms with Crippen molar-refractivity contribution in [1.29, 1.82) is 5.26 Å². The number of aryl methyl sites for hydroxylation is 1. The van der Waals surface area contributed by atoms with Crippen molar-refractivity contribution in [2.45, 2.75) is 13.0 Å². The molecule has 1 aliphatic rings. The molecule has 1 heterocycles. The van der Waals surface area contributed by atoms with Gasteiger partial charge in [0.15, 0.2) is 6.04 Å². The molecule has 1 aliphatic heterocycles. The van der Waals surface area contributed by atoms with Crippen molar-refractivity contribution >= 4 is 5.69 Å². The Bertz CT molecular complexity index is 395. The van der Waals surface area contributed by atoms with Gasteiger partial charge in [0.2, 0.25) is 0 Å². The Morgan fingerprint density at radius 1 is 1.57 bits per heavy atom. The van der Waals surface area contributed by atoms with Gasteiger partial charge in [-0.2, -0.15) is 5.26 Å². The largest absolute Gasteiger partial charge is 0.488 e. The first-order valence-corrected chi connectivity index (χ1v) is 4.59. The highest BCUT2D eigenvalue weighted by molar-refractivity contribution is 5.65. The molecule has 0 radical (unpaired) electrons. The Morgan fingerprint density at radius 2 is 2.36 bits per heavy atom. The van der Waals surface area contributed by atoms with Crippen LogP contribution in [0.5, 0.6) is 5.75 Å². The molecule has 1 aromatic carbocycles. The van der Waals surface area contributed by atoms with E-state index in [9.17, 15) is 0 Å². The van der Waals surface area contributed by atoms with Gasteiger partial charge >= 0.3 is 0 Å². The van der Waals surface area contributed by atoms with Crippen LogP contribution in [0.4, 0.5) is 5.69 Å². The number of nitriles is 1. The van der Waals surface area contributed by atoms with Crippen LogP contribution in [-0.2, 0) is 0 Å². The van der Waals surface area contributed by atoms with E-state index in [2.05, 4.69) is 6.07 Å². The molecule has 0 aromatic heterocycles. The van der Waals surface area contributed by atoms with E-state index in [0.717, 1.165) is 17.0 Å². The zero-order valence-corrected chi connectivity index (χ0v) is 8.32. The minimum absolute atomic E-state index is 0.177. The summed E-state index contributed by atoms with van der Waals surface area (Å²) >= 11 is 0. The van der Waals surface area contributed by atoms with E-state index < -0.39 is 0 Å². The molecule has 0 aliphatic carbocycles. The fourth-order valence-electron chi connectivity index (χ4n) is 1.76. The minimum atomic E-state index is -0.177. The van der Waals surface area contributed by atoms with Crippen molar-refractivity contribution < 1.29 is 4.74 Å². The molecule has 0 saturated heterocycles. The summed E-state index contributed by atoms with van der Waals surface area (Å²) in [4.78, 5) is 1.98. The lowest BCUT2D eigenvalue weighted by Crippen LogP contribution is -2.39. The Kier molecular flexibility index (Phi) is 2.05. The molecule has 0 N–H and O–H groups in total. The number of hydrogen-bond donors (Lipinski definition) is 0. The predicted octanol–water partition coefficient (Wildman–Crippen LogP) is 1.72. The highest BCUT2D eigenvalue weighted by atomic mass is 16.5. The third kappa shape index (κ3) is 1.20. The quantitative estimate of drug-likeness (QED) is 0.622. The number of nitrogens with zero attached hydrogens (tertiary/aromatic N) is 2. The molecule has 3 nitrogen and oxygen atoms in total. The monoisotopic (exact) mass is 188 g/mol. The lowest BCUT2D eigenvalue weighted by atomic mass is 10.1. The molecule has 2 rings (SSSR count). The van der Waals surface area contributed by atoms with E-state index in [0.29, 0.717) is 6.61 Å². The Hall–Kier alpha value is -1.69. The highest BCUT2D eigenvalue weighted by Gasteiger charge is 2.25.